The van der Waals surface area contributed by atoms with Crippen LogP contribution in [0.2, 0.25) is 0 Å². The first-order chi connectivity index (χ1) is 14.3. The van der Waals surface area contributed by atoms with E-state index < -0.39 is 46.3 Å². The summed E-state index contributed by atoms with van der Waals surface area (Å²) in [6, 6.07) is 10.0. The van der Waals surface area contributed by atoms with Gasteiger partial charge in [0.05, 0.1) is 17.0 Å². The Bertz CT molecular complexity index is 996. The molecular weight excluding hydrogens is 436 g/mol. The molecule has 0 aliphatic rings. The number of aryl methyl sites for hydroxylation is 1. The second-order valence-electron chi connectivity index (χ2n) is 7.21. The van der Waals surface area contributed by atoms with Crippen LogP contribution in [0.1, 0.15) is 37.4 Å². The molecule has 0 aromatic heterocycles. The second kappa shape index (κ2) is 9.35. The molecule has 0 saturated heterocycles. The van der Waals surface area contributed by atoms with E-state index in [1.54, 1.807) is 42.0 Å². The average molecular weight is 460 g/mol. The second-order valence-corrected chi connectivity index (χ2v) is 8.92. The normalized spacial score (nSPS) is 16.2. The van der Waals surface area contributed by atoms with E-state index in [2.05, 4.69) is 0 Å². The van der Waals surface area contributed by atoms with Gasteiger partial charge in [0.15, 0.2) is 0 Å². The van der Waals surface area contributed by atoms with Crippen molar-refractivity contribution in [1.29, 1.82) is 0 Å². The number of rotatable bonds is 8. The van der Waals surface area contributed by atoms with Crippen LogP contribution < -0.4 is 10.0 Å². The molecule has 2 N–H and O–H groups in total. The van der Waals surface area contributed by atoms with Gasteiger partial charge in [0.2, 0.25) is 10.0 Å². The van der Waals surface area contributed by atoms with Crippen LogP contribution in [0, 0.1) is 6.92 Å². The predicted octanol–water partition coefficient (Wildman–Crippen LogP) is 4.20. The van der Waals surface area contributed by atoms with Crippen molar-refractivity contribution < 1.29 is 30.8 Å². The summed E-state index contributed by atoms with van der Waals surface area (Å²) in [7, 11) is -4.52. The highest BCUT2D eigenvalue weighted by Gasteiger charge is 2.66. The van der Waals surface area contributed by atoms with Crippen LogP contribution >= 0.6 is 0 Å². The molecule has 3 atom stereocenters. The van der Waals surface area contributed by atoms with Gasteiger partial charge in [-0.3, -0.25) is 4.79 Å². The molecule has 0 fully saturated rings. The lowest BCUT2D eigenvalue weighted by Crippen LogP contribution is -2.65. The lowest BCUT2D eigenvalue weighted by molar-refractivity contribution is -0.234. The Kier molecular flexibility index (Phi) is 7.48. The van der Waals surface area contributed by atoms with Crippen LogP contribution in [0.5, 0.6) is 0 Å². The molecule has 0 bridgehead atoms. The molecule has 10 heteroatoms. The van der Waals surface area contributed by atoms with Crippen LogP contribution in [-0.2, 0) is 14.8 Å². The van der Waals surface area contributed by atoms with Gasteiger partial charge in [0.1, 0.15) is 0 Å². The van der Waals surface area contributed by atoms with Gasteiger partial charge in [-0.2, -0.15) is 13.2 Å². The third-order valence-electron chi connectivity index (χ3n) is 4.91. The van der Waals surface area contributed by atoms with Gasteiger partial charge < -0.3 is 5.32 Å². The van der Waals surface area contributed by atoms with E-state index in [9.17, 15) is 26.4 Å². The van der Waals surface area contributed by atoms with E-state index in [1.165, 1.54) is 31.2 Å². The summed E-state index contributed by atoms with van der Waals surface area (Å²) in [6.07, 6.45) is -6.28. The maximum Gasteiger partial charge on any atom is 0.433 e. The number of halogens is 4. The van der Waals surface area contributed by atoms with Crippen LogP contribution in [0.4, 0.5) is 17.6 Å². The zero-order valence-corrected chi connectivity index (χ0v) is 18.0. The van der Waals surface area contributed by atoms with E-state index in [0.29, 0.717) is 5.56 Å². The van der Waals surface area contributed by atoms with Crippen molar-refractivity contribution in [3.8, 4) is 0 Å². The van der Waals surface area contributed by atoms with Crippen molar-refractivity contribution in [2.75, 3.05) is 0 Å². The summed E-state index contributed by atoms with van der Waals surface area (Å²) in [5.74, 6) is -1.96. The Morgan fingerprint density at radius 3 is 2.03 bits per heavy atom. The largest absolute Gasteiger partial charge is 0.433 e. The van der Waals surface area contributed by atoms with E-state index in [0.717, 1.165) is 12.5 Å². The van der Waals surface area contributed by atoms with E-state index in [1.807, 2.05) is 5.32 Å². The van der Waals surface area contributed by atoms with Gasteiger partial charge in [-0.15, -0.1) is 0 Å². The van der Waals surface area contributed by atoms with Crippen molar-refractivity contribution in [3.63, 3.8) is 0 Å². The Hall–Kier alpha value is -2.46. The van der Waals surface area contributed by atoms with E-state index in [4.69, 9.17) is 0 Å². The minimum atomic E-state index is -5.66. The summed E-state index contributed by atoms with van der Waals surface area (Å²) in [4.78, 5) is 12.2. The van der Waals surface area contributed by atoms with E-state index >= 15 is 4.39 Å². The third kappa shape index (κ3) is 5.43. The van der Waals surface area contributed by atoms with Gasteiger partial charge in [0.25, 0.3) is 11.6 Å². The lowest BCUT2D eigenvalue weighted by Gasteiger charge is -2.34. The van der Waals surface area contributed by atoms with Crippen LogP contribution in [0.25, 0.3) is 0 Å². The maximum absolute atomic E-state index is 15.5. The van der Waals surface area contributed by atoms with E-state index in [-0.39, 0.29) is 4.90 Å². The first-order valence-corrected chi connectivity index (χ1v) is 11.0. The zero-order chi connectivity index (χ0) is 23.4. The minimum absolute atomic E-state index is 0.334. The predicted molar refractivity (Wildman–Crippen MR) is 108 cm³/mol. The monoisotopic (exact) mass is 460 g/mol. The highest BCUT2D eigenvalue weighted by atomic mass is 32.2. The molecule has 0 saturated carbocycles. The summed E-state index contributed by atoms with van der Waals surface area (Å²) in [5.41, 5.74) is -3.29. The Morgan fingerprint density at radius 2 is 1.55 bits per heavy atom. The molecule has 1 amide bonds. The zero-order valence-electron chi connectivity index (χ0n) is 17.2. The van der Waals surface area contributed by atoms with Gasteiger partial charge in [-0.05, 0) is 38.0 Å². The molecule has 1 unspecified atom stereocenters. The van der Waals surface area contributed by atoms with Crippen molar-refractivity contribution in [1.82, 2.24) is 10.0 Å². The average Bonchev–Trinajstić information content (AvgIpc) is 2.71. The maximum atomic E-state index is 15.5. The molecule has 2 rings (SSSR count). The molecule has 0 heterocycles. The number of hydrogen-bond acceptors (Lipinski definition) is 3. The fraction of sp³-hybridized carbons (Fsp3) is 0.381. The highest BCUT2D eigenvalue weighted by molar-refractivity contribution is 7.89. The smallest absolute Gasteiger partial charge is 0.346 e. The number of alkyl halides is 4. The number of hydrogen-bond donors (Lipinski definition) is 2. The van der Waals surface area contributed by atoms with Crippen molar-refractivity contribution >= 4 is 15.9 Å². The number of nitrogens with one attached hydrogen (secondary N) is 2. The number of carbonyl (C=O) groups excluding carboxylic acids is 1. The number of amides is 1. The van der Waals surface area contributed by atoms with Crippen LogP contribution in [-0.4, -0.2) is 32.2 Å². The first kappa shape index (κ1) is 24.8. The van der Waals surface area contributed by atoms with Gasteiger partial charge in [-0.1, -0.05) is 55.0 Å². The SMILES string of the molecule is CC[C@H](NS(=O)(=O)c1ccc(C)cc1)[C@@](F)(C(=O)NC(C)c1ccccc1)C(F)(F)F. The van der Waals surface area contributed by atoms with Crippen molar-refractivity contribution in [2.45, 2.75) is 56.0 Å². The Labute approximate surface area is 178 Å². The van der Waals surface area contributed by atoms with Gasteiger partial charge in [0, 0.05) is 0 Å². The topological polar surface area (TPSA) is 75.3 Å². The summed E-state index contributed by atoms with van der Waals surface area (Å²) >= 11 is 0. The molecule has 2 aromatic carbocycles. The molecule has 0 aliphatic carbocycles. The minimum Gasteiger partial charge on any atom is -0.346 e. The molecule has 31 heavy (non-hydrogen) atoms. The molecular formula is C21H24F4N2O3S. The third-order valence-corrected chi connectivity index (χ3v) is 6.39. The summed E-state index contributed by atoms with van der Waals surface area (Å²) in [5, 5.41) is 2.02. The Morgan fingerprint density at radius 1 is 1.00 bits per heavy atom. The molecule has 0 spiro atoms. The summed E-state index contributed by atoms with van der Waals surface area (Å²) < 4.78 is 83.8. The van der Waals surface area contributed by atoms with Gasteiger partial charge in [-0.25, -0.2) is 17.5 Å². The standard InChI is InChI=1S/C21H24F4N2O3S/c1-4-18(27-31(29,30)17-12-10-14(2)11-13-17)20(22,21(23,24)25)19(28)26-15(3)16-8-6-5-7-9-16/h5-13,15,18,27H,4H2,1-3H3,(H,26,28)/t15?,18-,20+/m0/s1. The molecule has 170 valence electrons. The first-order valence-electron chi connectivity index (χ1n) is 9.53. The van der Waals surface area contributed by atoms with Gasteiger partial charge >= 0.3 is 6.18 Å². The summed E-state index contributed by atoms with van der Waals surface area (Å²) in [6.45, 7) is 4.27. The lowest BCUT2D eigenvalue weighted by atomic mass is 9.92. The molecule has 0 aliphatic heterocycles. The van der Waals surface area contributed by atoms with Crippen LogP contribution in [0.15, 0.2) is 59.5 Å². The number of carbonyl (C=O) groups is 1. The van der Waals surface area contributed by atoms with Crippen molar-refractivity contribution in [2.24, 2.45) is 0 Å². The van der Waals surface area contributed by atoms with Crippen LogP contribution in [0.3, 0.4) is 0 Å². The molecule has 5 nitrogen and oxygen atoms in total. The highest BCUT2D eigenvalue weighted by Crippen LogP contribution is 2.39. The number of sulfonamides is 1. The number of benzene rings is 2. The molecule has 0 radical (unpaired) electrons. The molecule has 2 aromatic rings. The van der Waals surface area contributed by atoms with Crippen molar-refractivity contribution in [3.05, 3.63) is 65.7 Å². The Balaban J connectivity index is 2.37. The quantitative estimate of drug-likeness (QED) is 0.580. The fourth-order valence-electron chi connectivity index (χ4n) is 3.03. The fourth-order valence-corrected chi connectivity index (χ4v) is 4.36.